The van der Waals surface area contributed by atoms with Gasteiger partial charge in [0.05, 0.1) is 13.3 Å². The number of nitrogens with one attached hydrogen (secondary N) is 1. The summed E-state index contributed by atoms with van der Waals surface area (Å²) in [6.45, 7) is 2.27. The maximum Gasteiger partial charge on any atom is 0.137 e. The van der Waals surface area contributed by atoms with Crippen molar-refractivity contribution in [2.24, 2.45) is 11.8 Å². The number of ether oxygens (including phenoxy) is 1. The van der Waals surface area contributed by atoms with Crippen LogP contribution in [0, 0.1) is 11.8 Å². The van der Waals surface area contributed by atoms with Crippen molar-refractivity contribution in [3.8, 4) is 5.75 Å². The number of pyridine rings is 1. The zero-order chi connectivity index (χ0) is 11.7. The lowest BCUT2D eigenvalue weighted by Crippen LogP contribution is -2.34. The van der Waals surface area contributed by atoms with E-state index in [1.165, 1.54) is 30.5 Å². The van der Waals surface area contributed by atoms with Crippen molar-refractivity contribution in [3.05, 3.63) is 30.1 Å². The van der Waals surface area contributed by atoms with E-state index in [2.05, 4.69) is 22.4 Å². The first-order chi connectivity index (χ1) is 8.38. The molecule has 1 aliphatic heterocycles. The van der Waals surface area contributed by atoms with Crippen LogP contribution in [0.2, 0.25) is 0 Å². The minimum atomic E-state index is 0.664. The third kappa shape index (κ3) is 1.95. The summed E-state index contributed by atoms with van der Waals surface area (Å²) in [5, 5.41) is 3.49. The van der Waals surface area contributed by atoms with Gasteiger partial charge in [0.15, 0.2) is 0 Å². The predicted octanol–water partition coefficient (Wildman–Crippen LogP) is 2.10. The van der Waals surface area contributed by atoms with Gasteiger partial charge in [-0.3, -0.25) is 4.98 Å². The molecular formula is C14H18N2O. The molecule has 1 saturated heterocycles. The molecule has 0 radical (unpaired) electrons. The highest BCUT2D eigenvalue weighted by Crippen LogP contribution is 2.41. The highest BCUT2D eigenvalue weighted by atomic mass is 16.5. The lowest BCUT2D eigenvalue weighted by atomic mass is 9.84. The van der Waals surface area contributed by atoms with Crippen molar-refractivity contribution < 1.29 is 4.74 Å². The maximum atomic E-state index is 5.25. The molecule has 2 heterocycles. The van der Waals surface area contributed by atoms with Crippen LogP contribution in [0.4, 0.5) is 0 Å². The van der Waals surface area contributed by atoms with Crippen LogP contribution in [0.5, 0.6) is 5.75 Å². The molecule has 0 bridgehead atoms. The molecule has 1 aromatic heterocycles. The quantitative estimate of drug-likeness (QED) is 0.845. The Kier molecular flexibility index (Phi) is 2.85. The number of methoxy groups -OCH3 is 1. The zero-order valence-corrected chi connectivity index (χ0v) is 10.1. The van der Waals surface area contributed by atoms with E-state index in [1.807, 2.05) is 6.20 Å². The third-order valence-electron chi connectivity index (χ3n) is 3.95. The average molecular weight is 230 g/mol. The highest BCUT2D eigenvalue weighted by Gasteiger charge is 2.32. The summed E-state index contributed by atoms with van der Waals surface area (Å²) in [5.74, 6) is 2.34. The minimum Gasteiger partial charge on any atom is -0.495 e. The van der Waals surface area contributed by atoms with Gasteiger partial charge >= 0.3 is 0 Å². The van der Waals surface area contributed by atoms with Gasteiger partial charge < -0.3 is 10.1 Å². The van der Waals surface area contributed by atoms with Gasteiger partial charge in [-0.05, 0) is 48.4 Å². The first kappa shape index (κ1) is 10.8. The van der Waals surface area contributed by atoms with Crippen LogP contribution in [0.1, 0.15) is 18.4 Å². The minimum absolute atomic E-state index is 0.664. The Morgan fingerprint density at radius 1 is 1.41 bits per heavy atom. The van der Waals surface area contributed by atoms with E-state index in [1.54, 1.807) is 13.3 Å². The number of hydrogen-bond donors (Lipinski definition) is 1. The summed E-state index contributed by atoms with van der Waals surface area (Å²) in [4.78, 5) is 4.25. The number of aromatic nitrogens is 1. The lowest BCUT2D eigenvalue weighted by molar-refractivity contribution is 0.328. The SMILES string of the molecule is COc1cncc(C2=CCC3CCNCC23)c1. The molecule has 3 rings (SSSR count). The first-order valence-corrected chi connectivity index (χ1v) is 6.28. The number of piperidine rings is 1. The van der Waals surface area contributed by atoms with Gasteiger partial charge in [-0.1, -0.05) is 6.08 Å². The predicted molar refractivity (Wildman–Crippen MR) is 67.8 cm³/mol. The standard InChI is InChI=1S/C14H18N2O/c1-17-12-6-11(7-16-8-12)13-3-2-10-4-5-15-9-14(10)13/h3,6-8,10,14-15H,2,4-5,9H2,1H3. The summed E-state index contributed by atoms with van der Waals surface area (Å²) in [6, 6.07) is 2.09. The van der Waals surface area contributed by atoms with E-state index >= 15 is 0 Å². The molecule has 1 aromatic rings. The molecular weight excluding hydrogens is 212 g/mol. The van der Waals surface area contributed by atoms with Crippen LogP contribution in [0.3, 0.4) is 0 Å². The van der Waals surface area contributed by atoms with Crippen LogP contribution >= 0.6 is 0 Å². The number of allylic oxidation sites excluding steroid dienone is 1. The van der Waals surface area contributed by atoms with Gasteiger partial charge in [-0.2, -0.15) is 0 Å². The molecule has 3 heteroatoms. The van der Waals surface area contributed by atoms with Crippen molar-refractivity contribution >= 4 is 5.57 Å². The largest absolute Gasteiger partial charge is 0.495 e. The number of hydrogen-bond acceptors (Lipinski definition) is 3. The number of nitrogens with zero attached hydrogens (tertiary/aromatic N) is 1. The molecule has 17 heavy (non-hydrogen) atoms. The maximum absolute atomic E-state index is 5.25. The summed E-state index contributed by atoms with van der Waals surface area (Å²) in [5.41, 5.74) is 2.68. The smallest absolute Gasteiger partial charge is 0.137 e. The molecule has 3 nitrogen and oxygen atoms in total. The zero-order valence-electron chi connectivity index (χ0n) is 10.1. The molecule has 1 N–H and O–H groups in total. The van der Waals surface area contributed by atoms with Gasteiger partial charge in [-0.25, -0.2) is 0 Å². The van der Waals surface area contributed by atoms with Gasteiger partial charge in [0.1, 0.15) is 5.75 Å². The fourth-order valence-corrected chi connectivity index (χ4v) is 3.01. The van der Waals surface area contributed by atoms with Crippen LogP contribution in [-0.4, -0.2) is 25.2 Å². The van der Waals surface area contributed by atoms with Crippen molar-refractivity contribution in [3.63, 3.8) is 0 Å². The van der Waals surface area contributed by atoms with Crippen LogP contribution in [-0.2, 0) is 0 Å². The molecule has 2 unspecified atom stereocenters. The molecule has 1 aliphatic carbocycles. The monoisotopic (exact) mass is 230 g/mol. The molecule has 1 fully saturated rings. The molecule has 0 aromatic carbocycles. The van der Waals surface area contributed by atoms with E-state index in [0.717, 1.165) is 18.2 Å². The van der Waals surface area contributed by atoms with Crippen LogP contribution in [0.25, 0.3) is 5.57 Å². The Bertz CT molecular complexity index is 442. The first-order valence-electron chi connectivity index (χ1n) is 6.28. The molecule has 90 valence electrons. The fourth-order valence-electron chi connectivity index (χ4n) is 3.01. The second-order valence-electron chi connectivity index (χ2n) is 4.87. The normalized spacial score (nSPS) is 27.5. The topological polar surface area (TPSA) is 34.1 Å². The van der Waals surface area contributed by atoms with E-state index in [4.69, 9.17) is 4.74 Å². The molecule has 0 amide bonds. The van der Waals surface area contributed by atoms with Crippen molar-refractivity contribution in [1.82, 2.24) is 10.3 Å². The Labute approximate surface area is 102 Å². The van der Waals surface area contributed by atoms with Crippen LogP contribution < -0.4 is 10.1 Å². The molecule has 0 spiro atoms. The summed E-state index contributed by atoms with van der Waals surface area (Å²) < 4.78 is 5.25. The number of fused-ring (bicyclic) bond motifs is 1. The fraction of sp³-hybridized carbons (Fsp3) is 0.500. The summed E-state index contributed by atoms with van der Waals surface area (Å²) in [6.07, 6.45) is 8.61. The Morgan fingerprint density at radius 3 is 3.24 bits per heavy atom. The van der Waals surface area contributed by atoms with Crippen molar-refractivity contribution in [1.29, 1.82) is 0 Å². The third-order valence-corrected chi connectivity index (χ3v) is 3.95. The average Bonchev–Trinajstić information content (AvgIpc) is 2.82. The second-order valence-corrected chi connectivity index (χ2v) is 4.87. The lowest BCUT2D eigenvalue weighted by Gasteiger charge is -2.28. The molecule has 0 saturated carbocycles. The van der Waals surface area contributed by atoms with Crippen molar-refractivity contribution in [2.75, 3.05) is 20.2 Å². The van der Waals surface area contributed by atoms with Crippen LogP contribution in [0.15, 0.2) is 24.5 Å². The molecule has 2 aliphatic rings. The Hall–Kier alpha value is -1.35. The van der Waals surface area contributed by atoms with E-state index < -0.39 is 0 Å². The highest BCUT2D eigenvalue weighted by molar-refractivity contribution is 5.70. The van der Waals surface area contributed by atoms with E-state index in [0.29, 0.717) is 5.92 Å². The van der Waals surface area contributed by atoms with E-state index in [-0.39, 0.29) is 0 Å². The number of rotatable bonds is 2. The van der Waals surface area contributed by atoms with Gasteiger partial charge in [-0.15, -0.1) is 0 Å². The second kappa shape index (κ2) is 4.49. The van der Waals surface area contributed by atoms with Crippen molar-refractivity contribution in [2.45, 2.75) is 12.8 Å². The summed E-state index contributed by atoms with van der Waals surface area (Å²) in [7, 11) is 1.69. The van der Waals surface area contributed by atoms with E-state index in [9.17, 15) is 0 Å². The van der Waals surface area contributed by atoms with Gasteiger partial charge in [0, 0.05) is 12.7 Å². The summed E-state index contributed by atoms with van der Waals surface area (Å²) >= 11 is 0. The Balaban J connectivity index is 1.88. The molecule has 2 atom stereocenters. The van der Waals surface area contributed by atoms with Gasteiger partial charge in [0.25, 0.3) is 0 Å². The van der Waals surface area contributed by atoms with Gasteiger partial charge in [0.2, 0.25) is 0 Å². The Morgan fingerprint density at radius 2 is 2.35 bits per heavy atom.